The van der Waals surface area contributed by atoms with E-state index in [1.54, 1.807) is 0 Å². The zero-order chi connectivity index (χ0) is 17.5. The van der Waals surface area contributed by atoms with Crippen LogP contribution in [0.1, 0.15) is 6.23 Å². The second kappa shape index (κ2) is 5.86. The molecule has 1 aliphatic rings. The van der Waals surface area contributed by atoms with Crippen molar-refractivity contribution in [3.63, 3.8) is 0 Å². The van der Waals surface area contributed by atoms with Gasteiger partial charge in [-0.25, -0.2) is 4.98 Å². The lowest BCUT2D eigenvalue weighted by Crippen LogP contribution is -2.45. The number of ether oxygens (including phenoxy) is 2. The number of aliphatic hydroxyl groups excluding tert-OH is 2. The summed E-state index contributed by atoms with van der Waals surface area (Å²) in [6.45, 7) is 2.93. The van der Waals surface area contributed by atoms with Gasteiger partial charge >= 0.3 is 0 Å². The summed E-state index contributed by atoms with van der Waals surface area (Å²) < 4.78 is 12.1. The fourth-order valence-corrected chi connectivity index (χ4v) is 2.76. The predicted molar refractivity (Wildman–Crippen MR) is 81.9 cm³/mol. The highest BCUT2D eigenvalue weighted by Crippen LogP contribution is 2.41. The first-order chi connectivity index (χ1) is 11.5. The minimum absolute atomic E-state index is 0.0545. The predicted octanol–water partition coefficient (Wildman–Crippen LogP) is -1.26. The Kier molecular flexibility index (Phi) is 3.99. The standard InChI is InChI=1S/C14H17N5O5/c1-3-4-14(22)9(21)7(5-20)24-12(14)19-6-16-8-10(19)17-13(15)18-11(8)23-2/h4,6-7,9,12,20-22H,1,5H2,2H3,(H2,15,17,18)/t7-,9-,12-,14-/m1/s1. The van der Waals surface area contributed by atoms with Gasteiger partial charge in [0.1, 0.15) is 12.2 Å². The summed E-state index contributed by atoms with van der Waals surface area (Å²) >= 11 is 0. The number of hydrogen-bond donors (Lipinski definition) is 4. The number of aromatic nitrogens is 4. The Morgan fingerprint density at radius 2 is 2.33 bits per heavy atom. The van der Waals surface area contributed by atoms with Gasteiger partial charge in [-0.3, -0.25) is 4.57 Å². The number of hydrogen-bond acceptors (Lipinski definition) is 9. The molecule has 3 rings (SSSR count). The lowest BCUT2D eigenvalue weighted by molar-refractivity contribution is -0.0771. The first-order valence-electron chi connectivity index (χ1n) is 7.04. The number of rotatable bonds is 4. The Hall–Kier alpha value is -2.49. The van der Waals surface area contributed by atoms with Crippen molar-refractivity contribution in [2.24, 2.45) is 0 Å². The third kappa shape index (κ3) is 2.25. The average molecular weight is 335 g/mol. The molecule has 1 aliphatic heterocycles. The maximum Gasteiger partial charge on any atom is 0.246 e. The van der Waals surface area contributed by atoms with E-state index < -0.39 is 30.6 Å². The molecule has 1 fully saturated rings. The van der Waals surface area contributed by atoms with Crippen molar-refractivity contribution in [3.05, 3.63) is 24.7 Å². The summed E-state index contributed by atoms with van der Waals surface area (Å²) in [4.78, 5) is 12.2. The molecule has 0 saturated carbocycles. The molecule has 3 heterocycles. The first kappa shape index (κ1) is 16.4. The van der Waals surface area contributed by atoms with E-state index >= 15 is 0 Å². The molecular formula is C14H17N5O5. The summed E-state index contributed by atoms with van der Waals surface area (Å²) in [6.07, 6.45) is -1.03. The molecular weight excluding hydrogens is 318 g/mol. The molecule has 0 spiro atoms. The molecule has 0 aliphatic carbocycles. The Labute approximate surface area is 136 Å². The number of methoxy groups -OCH3 is 1. The zero-order valence-corrected chi connectivity index (χ0v) is 12.8. The van der Waals surface area contributed by atoms with E-state index in [2.05, 4.69) is 27.3 Å². The van der Waals surface area contributed by atoms with Crippen LogP contribution in [0.15, 0.2) is 24.7 Å². The highest BCUT2D eigenvalue weighted by molar-refractivity contribution is 5.77. The second-order valence-electron chi connectivity index (χ2n) is 5.31. The van der Waals surface area contributed by atoms with Gasteiger partial charge in [-0.1, -0.05) is 6.58 Å². The molecule has 0 unspecified atom stereocenters. The Bertz CT molecular complexity index is 817. The van der Waals surface area contributed by atoms with E-state index in [1.165, 1.54) is 24.1 Å². The normalized spacial score (nSPS) is 29.6. The molecule has 4 atom stereocenters. The Balaban J connectivity index is 2.19. The van der Waals surface area contributed by atoms with Crippen LogP contribution in [-0.2, 0) is 4.74 Å². The minimum atomic E-state index is -1.89. The first-order valence-corrected chi connectivity index (χ1v) is 7.04. The van der Waals surface area contributed by atoms with Crippen LogP contribution in [0, 0.1) is 0 Å². The third-order valence-corrected chi connectivity index (χ3v) is 3.89. The zero-order valence-electron chi connectivity index (χ0n) is 12.8. The topological polar surface area (TPSA) is 149 Å². The van der Waals surface area contributed by atoms with Crippen LogP contribution in [0.3, 0.4) is 0 Å². The molecule has 0 aromatic carbocycles. The molecule has 0 amide bonds. The number of nitrogen functional groups attached to an aromatic ring is 1. The van der Waals surface area contributed by atoms with E-state index in [0.717, 1.165) is 0 Å². The molecule has 128 valence electrons. The Morgan fingerprint density at radius 3 is 2.96 bits per heavy atom. The number of nitrogens with two attached hydrogens (primary N) is 1. The summed E-state index contributed by atoms with van der Waals surface area (Å²) in [5.74, 6) is 0.109. The molecule has 5 N–H and O–H groups in total. The van der Waals surface area contributed by atoms with E-state index in [4.69, 9.17) is 15.2 Å². The molecule has 0 radical (unpaired) electrons. The monoisotopic (exact) mass is 335 g/mol. The maximum atomic E-state index is 10.8. The number of anilines is 1. The van der Waals surface area contributed by atoms with Crippen molar-refractivity contribution in [3.8, 4) is 5.88 Å². The molecule has 1 saturated heterocycles. The summed E-state index contributed by atoms with van der Waals surface area (Å²) in [6, 6.07) is 0. The molecule has 2 aromatic rings. The van der Waals surface area contributed by atoms with Gasteiger partial charge in [-0.05, 0) is 6.08 Å². The van der Waals surface area contributed by atoms with Gasteiger partial charge in [0.2, 0.25) is 11.8 Å². The maximum absolute atomic E-state index is 10.8. The fraction of sp³-hybridized carbons (Fsp3) is 0.429. The van der Waals surface area contributed by atoms with Crippen LogP contribution in [0.5, 0.6) is 5.88 Å². The van der Waals surface area contributed by atoms with Gasteiger partial charge in [0, 0.05) is 0 Å². The van der Waals surface area contributed by atoms with Gasteiger partial charge in [-0.2, -0.15) is 9.97 Å². The van der Waals surface area contributed by atoms with E-state index in [-0.39, 0.29) is 17.5 Å². The molecule has 0 bridgehead atoms. The number of imidazole rings is 1. The highest BCUT2D eigenvalue weighted by Gasteiger charge is 2.55. The Morgan fingerprint density at radius 1 is 1.58 bits per heavy atom. The summed E-state index contributed by atoms with van der Waals surface area (Å²) in [7, 11) is 1.41. The van der Waals surface area contributed by atoms with E-state index in [9.17, 15) is 15.3 Å². The van der Waals surface area contributed by atoms with E-state index in [1.807, 2.05) is 0 Å². The molecule has 10 nitrogen and oxygen atoms in total. The summed E-state index contributed by atoms with van der Waals surface area (Å²) in [5.41, 5.74) is 6.76. The fourth-order valence-electron chi connectivity index (χ4n) is 2.76. The highest BCUT2D eigenvalue weighted by atomic mass is 16.6. The van der Waals surface area contributed by atoms with Crippen LogP contribution in [-0.4, -0.2) is 66.4 Å². The van der Waals surface area contributed by atoms with Gasteiger partial charge in [0.15, 0.2) is 23.0 Å². The van der Waals surface area contributed by atoms with Crippen molar-refractivity contribution in [1.82, 2.24) is 19.5 Å². The van der Waals surface area contributed by atoms with Gasteiger partial charge in [0.05, 0.1) is 20.0 Å². The second-order valence-corrected chi connectivity index (χ2v) is 5.31. The number of aliphatic hydroxyl groups is 3. The van der Waals surface area contributed by atoms with Crippen molar-refractivity contribution in [2.75, 3.05) is 19.5 Å². The van der Waals surface area contributed by atoms with Crippen LogP contribution < -0.4 is 10.5 Å². The van der Waals surface area contributed by atoms with Gasteiger partial charge < -0.3 is 30.5 Å². The molecule has 10 heteroatoms. The van der Waals surface area contributed by atoms with Crippen LogP contribution in [0.25, 0.3) is 11.2 Å². The summed E-state index contributed by atoms with van der Waals surface area (Å²) in [5, 5.41) is 30.5. The average Bonchev–Trinajstić information content (AvgIpc) is 3.07. The van der Waals surface area contributed by atoms with Crippen LogP contribution in [0.4, 0.5) is 5.95 Å². The van der Waals surface area contributed by atoms with Crippen molar-refractivity contribution < 1.29 is 24.8 Å². The largest absolute Gasteiger partial charge is 0.479 e. The minimum Gasteiger partial charge on any atom is -0.479 e. The number of nitrogens with zero attached hydrogens (tertiary/aromatic N) is 4. The molecule has 24 heavy (non-hydrogen) atoms. The molecule has 2 aromatic heterocycles. The van der Waals surface area contributed by atoms with E-state index in [0.29, 0.717) is 5.52 Å². The smallest absolute Gasteiger partial charge is 0.246 e. The third-order valence-electron chi connectivity index (χ3n) is 3.89. The van der Waals surface area contributed by atoms with Gasteiger partial charge in [-0.15, -0.1) is 5.73 Å². The lowest BCUT2D eigenvalue weighted by Gasteiger charge is -2.27. The SMILES string of the molecule is C=C=C[C@@]1(O)[C@H](O)[C@@H](CO)O[C@H]1n1cnc2c(OC)nc(N)nc21. The lowest BCUT2D eigenvalue weighted by atomic mass is 9.94. The van der Waals surface area contributed by atoms with Crippen LogP contribution >= 0.6 is 0 Å². The van der Waals surface area contributed by atoms with Crippen molar-refractivity contribution in [2.45, 2.75) is 24.0 Å². The number of fused-ring (bicyclic) bond motifs is 1. The van der Waals surface area contributed by atoms with Crippen molar-refractivity contribution in [1.29, 1.82) is 0 Å². The quantitative estimate of drug-likeness (QED) is 0.502. The van der Waals surface area contributed by atoms with Gasteiger partial charge in [0.25, 0.3) is 0 Å². The van der Waals surface area contributed by atoms with Crippen LogP contribution in [0.2, 0.25) is 0 Å². The van der Waals surface area contributed by atoms with Crippen molar-refractivity contribution >= 4 is 17.1 Å².